The number of hydrogen-bond acceptors (Lipinski definition) is 4. The summed E-state index contributed by atoms with van der Waals surface area (Å²) in [6.07, 6.45) is 11.6. The molecule has 0 aromatic rings. The van der Waals surface area contributed by atoms with E-state index in [9.17, 15) is 15.3 Å². The molecule has 0 spiro atoms. The van der Waals surface area contributed by atoms with Crippen LogP contribution >= 0.6 is 0 Å². The lowest BCUT2D eigenvalue weighted by atomic mass is 9.64. The first kappa shape index (κ1) is 22.5. The predicted octanol–water partition coefficient (Wildman–Crippen LogP) is 4.23. The van der Waals surface area contributed by atoms with Crippen LogP contribution in [0.1, 0.15) is 65.7 Å². The number of ether oxygens (including phenoxy) is 1. The van der Waals surface area contributed by atoms with Gasteiger partial charge in [0.05, 0.1) is 24.4 Å². The van der Waals surface area contributed by atoms with E-state index < -0.39 is 17.8 Å². The van der Waals surface area contributed by atoms with Crippen molar-refractivity contribution in [3.63, 3.8) is 0 Å². The van der Waals surface area contributed by atoms with Crippen molar-refractivity contribution in [2.45, 2.75) is 83.5 Å². The molecule has 29 heavy (non-hydrogen) atoms. The van der Waals surface area contributed by atoms with Crippen molar-refractivity contribution >= 4 is 0 Å². The number of aliphatic hydroxyl groups excluding tert-OH is 2. The minimum atomic E-state index is -0.685. The normalized spacial score (nSPS) is 35.9. The van der Waals surface area contributed by atoms with Gasteiger partial charge in [0.1, 0.15) is 0 Å². The summed E-state index contributed by atoms with van der Waals surface area (Å²) in [7, 11) is 0. The van der Waals surface area contributed by atoms with Gasteiger partial charge in [-0.05, 0) is 80.4 Å². The molecule has 0 heterocycles. The van der Waals surface area contributed by atoms with E-state index >= 15 is 0 Å². The molecule has 2 saturated carbocycles. The van der Waals surface area contributed by atoms with Crippen molar-refractivity contribution < 1.29 is 20.1 Å². The summed E-state index contributed by atoms with van der Waals surface area (Å²) in [4.78, 5) is 0. The van der Waals surface area contributed by atoms with E-state index in [1.165, 1.54) is 17.6 Å². The summed E-state index contributed by atoms with van der Waals surface area (Å²) in [5.41, 5.74) is 4.02. The highest BCUT2D eigenvalue weighted by Gasteiger charge is 2.44. The summed E-state index contributed by atoms with van der Waals surface area (Å²) in [5, 5.41) is 29.9. The Morgan fingerprint density at radius 2 is 2.07 bits per heavy atom. The second-order valence-electron chi connectivity index (χ2n) is 9.97. The molecule has 0 aliphatic heterocycles. The largest absolute Gasteiger partial charge is 0.393 e. The van der Waals surface area contributed by atoms with Gasteiger partial charge in [-0.3, -0.25) is 0 Å². The lowest BCUT2D eigenvalue weighted by molar-refractivity contribution is 0.0299. The smallest absolute Gasteiger partial charge is 0.0811 e. The summed E-state index contributed by atoms with van der Waals surface area (Å²) in [5.74, 6) is 0.493. The Morgan fingerprint density at radius 1 is 1.31 bits per heavy atom. The van der Waals surface area contributed by atoms with Gasteiger partial charge in [0.2, 0.25) is 0 Å². The summed E-state index contributed by atoms with van der Waals surface area (Å²) in [6.45, 7) is 11.2. The number of allylic oxidation sites excluding steroid dienone is 4. The van der Waals surface area contributed by atoms with E-state index in [4.69, 9.17) is 4.74 Å². The van der Waals surface area contributed by atoms with Gasteiger partial charge in [-0.15, -0.1) is 0 Å². The molecule has 0 saturated heterocycles. The molecule has 162 valence electrons. The van der Waals surface area contributed by atoms with Gasteiger partial charge in [-0.25, -0.2) is 0 Å². The zero-order valence-electron chi connectivity index (χ0n) is 18.3. The zero-order valence-corrected chi connectivity index (χ0v) is 18.3. The quantitative estimate of drug-likeness (QED) is 0.459. The van der Waals surface area contributed by atoms with Crippen LogP contribution in [0.25, 0.3) is 0 Å². The highest BCUT2D eigenvalue weighted by molar-refractivity contribution is 5.40. The molecular weight excluding hydrogens is 364 g/mol. The molecule has 0 unspecified atom stereocenters. The number of aliphatic hydroxyl groups is 3. The standard InChI is InChI=1S/C25H38O4/c1-17-19(14-21(26)15-23(17)27)8-7-18-6-5-11-25(4)20(9-10-22(18)25)16-29-13-12-24(2,3)28/h7-9,21-23,26-28H,1,5-6,10-16H2,2-4H3/t21-,22+,23+,25-/m1/s1. The van der Waals surface area contributed by atoms with Crippen LogP contribution in [0.4, 0.5) is 0 Å². The van der Waals surface area contributed by atoms with Gasteiger partial charge in [-0.1, -0.05) is 37.3 Å². The van der Waals surface area contributed by atoms with Crippen molar-refractivity contribution in [3.8, 4) is 0 Å². The number of fused-ring (bicyclic) bond motifs is 1. The zero-order chi connectivity index (χ0) is 21.2. The Labute approximate surface area is 175 Å². The van der Waals surface area contributed by atoms with Gasteiger partial charge in [0.25, 0.3) is 0 Å². The number of rotatable bonds is 6. The molecule has 4 heteroatoms. The van der Waals surface area contributed by atoms with E-state index in [0.29, 0.717) is 38.4 Å². The highest BCUT2D eigenvalue weighted by Crippen LogP contribution is 2.54. The Morgan fingerprint density at radius 3 is 2.79 bits per heavy atom. The van der Waals surface area contributed by atoms with Crippen LogP contribution in [0.15, 0.2) is 47.1 Å². The molecule has 3 aliphatic carbocycles. The molecular formula is C25H38O4. The van der Waals surface area contributed by atoms with Crippen LogP contribution < -0.4 is 0 Å². The Balaban J connectivity index is 1.66. The topological polar surface area (TPSA) is 69.9 Å². The van der Waals surface area contributed by atoms with Crippen molar-refractivity contribution in [2.75, 3.05) is 13.2 Å². The van der Waals surface area contributed by atoms with Crippen molar-refractivity contribution in [1.82, 2.24) is 0 Å². The van der Waals surface area contributed by atoms with Crippen LogP contribution in [-0.4, -0.2) is 46.3 Å². The Kier molecular flexibility index (Phi) is 6.89. The lowest BCUT2D eigenvalue weighted by Gasteiger charge is -2.41. The van der Waals surface area contributed by atoms with E-state index in [1.54, 1.807) is 0 Å². The highest BCUT2D eigenvalue weighted by atomic mass is 16.5. The average Bonchev–Trinajstić information content (AvgIpc) is 2.96. The monoisotopic (exact) mass is 402 g/mol. The van der Waals surface area contributed by atoms with Crippen LogP contribution in [-0.2, 0) is 4.74 Å². The molecule has 0 bridgehead atoms. The second-order valence-corrected chi connectivity index (χ2v) is 9.97. The fourth-order valence-electron chi connectivity index (χ4n) is 5.10. The summed E-state index contributed by atoms with van der Waals surface area (Å²) >= 11 is 0. The van der Waals surface area contributed by atoms with Crippen molar-refractivity contribution in [1.29, 1.82) is 0 Å². The molecule has 2 fully saturated rings. The molecule has 3 aliphatic rings. The fraction of sp³-hybridized carbons (Fsp3) is 0.680. The minimum absolute atomic E-state index is 0.139. The maximum Gasteiger partial charge on any atom is 0.0811 e. The van der Waals surface area contributed by atoms with Crippen LogP contribution in [0.5, 0.6) is 0 Å². The summed E-state index contributed by atoms with van der Waals surface area (Å²) in [6, 6.07) is 0. The Hall–Kier alpha value is -1.20. The van der Waals surface area contributed by atoms with E-state index in [1.807, 2.05) is 13.8 Å². The first-order valence-corrected chi connectivity index (χ1v) is 11.0. The number of hydrogen-bond donors (Lipinski definition) is 3. The molecule has 4 atom stereocenters. The molecule has 0 radical (unpaired) electrons. The lowest BCUT2D eigenvalue weighted by Crippen LogP contribution is -2.32. The third kappa shape index (κ3) is 5.29. The van der Waals surface area contributed by atoms with Crippen LogP contribution in [0.3, 0.4) is 0 Å². The maximum atomic E-state index is 10.1. The maximum absolute atomic E-state index is 10.1. The van der Waals surface area contributed by atoms with Gasteiger partial charge < -0.3 is 20.1 Å². The van der Waals surface area contributed by atoms with E-state index in [0.717, 1.165) is 30.4 Å². The van der Waals surface area contributed by atoms with Gasteiger partial charge >= 0.3 is 0 Å². The third-order valence-electron chi connectivity index (χ3n) is 7.09. The predicted molar refractivity (Wildman–Crippen MR) is 116 cm³/mol. The molecule has 0 aromatic heterocycles. The van der Waals surface area contributed by atoms with Gasteiger partial charge in [-0.2, -0.15) is 0 Å². The molecule has 0 amide bonds. The molecule has 3 rings (SSSR count). The Bertz CT molecular complexity index is 709. The molecule has 4 nitrogen and oxygen atoms in total. The van der Waals surface area contributed by atoms with Gasteiger partial charge in [0, 0.05) is 13.0 Å². The average molecular weight is 403 g/mol. The summed E-state index contributed by atoms with van der Waals surface area (Å²) < 4.78 is 5.91. The second kappa shape index (κ2) is 8.89. The first-order chi connectivity index (χ1) is 13.6. The van der Waals surface area contributed by atoms with Gasteiger partial charge in [0.15, 0.2) is 0 Å². The van der Waals surface area contributed by atoms with Crippen LogP contribution in [0, 0.1) is 11.3 Å². The fourth-order valence-corrected chi connectivity index (χ4v) is 5.10. The first-order valence-electron chi connectivity index (χ1n) is 11.0. The molecule has 3 N–H and O–H groups in total. The van der Waals surface area contributed by atoms with E-state index in [2.05, 4.69) is 31.7 Å². The van der Waals surface area contributed by atoms with Crippen molar-refractivity contribution in [2.24, 2.45) is 11.3 Å². The third-order valence-corrected chi connectivity index (χ3v) is 7.09. The SMILES string of the molecule is C=C1C(=CC=C2CCC[C@]3(C)C(COCCC(C)(C)O)=CC[C@@H]23)C[C@@H](O)C[C@@H]1O. The van der Waals surface area contributed by atoms with E-state index in [-0.39, 0.29) is 5.41 Å². The minimum Gasteiger partial charge on any atom is -0.393 e. The molecule has 0 aromatic carbocycles. The van der Waals surface area contributed by atoms with Crippen molar-refractivity contribution in [3.05, 3.63) is 47.1 Å². The van der Waals surface area contributed by atoms with Crippen LogP contribution in [0.2, 0.25) is 0 Å².